The van der Waals surface area contributed by atoms with Crippen molar-refractivity contribution < 1.29 is 4.79 Å². The lowest BCUT2D eigenvalue weighted by Gasteiger charge is -2.09. The van der Waals surface area contributed by atoms with Gasteiger partial charge in [-0.3, -0.25) is 9.48 Å². The van der Waals surface area contributed by atoms with Gasteiger partial charge in [0.05, 0.1) is 11.3 Å². The molecule has 1 aromatic heterocycles. The van der Waals surface area contributed by atoms with Crippen LogP contribution in [0.2, 0.25) is 0 Å². The molecule has 0 radical (unpaired) electrons. The number of hydrogen-bond acceptors (Lipinski definition) is 2. The molecule has 0 aliphatic rings. The number of benzene rings is 1. The third kappa shape index (κ3) is 2.14. The van der Waals surface area contributed by atoms with Crippen molar-refractivity contribution in [1.82, 2.24) is 9.78 Å². The number of nitrogens with zero attached hydrogens (tertiary/aromatic N) is 2. The predicted molar refractivity (Wildman–Crippen MR) is 80.8 cm³/mol. The van der Waals surface area contributed by atoms with Gasteiger partial charge in [-0.1, -0.05) is 12.0 Å². The Morgan fingerprint density at radius 3 is 2.45 bits per heavy atom. The van der Waals surface area contributed by atoms with E-state index in [2.05, 4.69) is 11.0 Å². The first-order valence-corrected chi connectivity index (χ1v) is 6.49. The number of hydrogen-bond donors (Lipinski definition) is 0. The van der Waals surface area contributed by atoms with Gasteiger partial charge in [0.2, 0.25) is 0 Å². The largest absolute Gasteiger partial charge is 0.295 e. The van der Waals surface area contributed by atoms with E-state index < -0.39 is 0 Å². The van der Waals surface area contributed by atoms with E-state index in [1.54, 1.807) is 11.6 Å². The van der Waals surface area contributed by atoms with Gasteiger partial charge in [0, 0.05) is 18.2 Å². The third-order valence-corrected chi connectivity index (χ3v) is 3.68. The van der Waals surface area contributed by atoms with Crippen LogP contribution < -0.4 is 0 Å². The molecule has 0 N–H and O–H groups in total. The quantitative estimate of drug-likeness (QED) is 0.618. The van der Waals surface area contributed by atoms with E-state index >= 15 is 0 Å². The number of carbonyl (C=O) groups is 1. The van der Waals surface area contributed by atoms with Gasteiger partial charge in [0.15, 0.2) is 5.78 Å². The molecule has 0 aliphatic carbocycles. The Kier molecular flexibility index (Phi) is 3.50. The summed E-state index contributed by atoms with van der Waals surface area (Å²) in [5.74, 6) is 2.76. The second kappa shape index (κ2) is 4.97. The number of rotatable bonds is 2. The van der Waals surface area contributed by atoms with Gasteiger partial charge in [-0.25, -0.2) is 0 Å². The third-order valence-electron chi connectivity index (χ3n) is 3.68. The Morgan fingerprint density at radius 2 is 1.90 bits per heavy atom. The maximum atomic E-state index is 11.7. The fourth-order valence-electron chi connectivity index (χ4n) is 2.46. The van der Waals surface area contributed by atoms with Crippen LogP contribution in [0.5, 0.6) is 0 Å². The van der Waals surface area contributed by atoms with Crippen LogP contribution in [-0.2, 0) is 7.05 Å². The summed E-state index contributed by atoms with van der Waals surface area (Å²) in [6.45, 7) is 7.48. The van der Waals surface area contributed by atoms with Crippen molar-refractivity contribution in [3.8, 4) is 23.6 Å². The van der Waals surface area contributed by atoms with Crippen LogP contribution in [0.4, 0.5) is 0 Å². The summed E-state index contributed by atoms with van der Waals surface area (Å²) >= 11 is 0. The lowest BCUT2D eigenvalue weighted by molar-refractivity contribution is 0.101. The molecule has 1 heterocycles. The van der Waals surface area contributed by atoms with E-state index in [9.17, 15) is 4.79 Å². The van der Waals surface area contributed by atoms with Crippen LogP contribution in [-0.4, -0.2) is 15.6 Å². The van der Waals surface area contributed by atoms with E-state index in [0.717, 1.165) is 39.2 Å². The molecule has 0 fully saturated rings. The summed E-state index contributed by atoms with van der Waals surface area (Å²) in [4.78, 5) is 11.7. The van der Waals surface area contributed by atoms with Crippen molar-refractivity contribution >= 4 is 5.78 Å². The fraction of sp³-hybridized carbons (Fsp3) is 0.294. The average molecular weight is 266 g/mol. The van der Waals surface area contributed by atoms with Crippen LogP contribution in [0.25, 0.3) is 11.3 Å². The van der Waals surface area contributed by atoms with Crippen molar-refractivity contribution in [2.24, 2.45) is 7.05 Å². The standard InChI is InChI=1S/C17H18N2O/c1-7-14-12(4)19(6)18-17(14)16-9-15(13(5)20)10(2)8-11(16)3/h1,8-9H,2-6H3. The van der Waals surface area contributed by atoms with Crippen molar-refractivity contribution in [1.29, 1.82) is 0 Å². The van der Waals surface area contributed by atoms with Crippen molar-refractivity contribution in [2.45, 2.75) is 27.7 Å². The van der Waals surface area contributed by atoms with Gasteiger partial charge in [-0.2, -0.15) is 5.10 Å². The highest BCUT2D eigenvalue weighted by Crippen LogP contribution is 2.29. The Labute approximate surface area is 119 Å². The summed E-state index contributed by atoms with van der Waals surface area (Å²) in [7, 11) is 1.87. The number of aromatic nitrogens is 2. The summed E-state index contributed by atoms with van der Waals surface area (Å²) < 4.78 is 1.78. The van der Waals surface area contributed by atoms with Crippen molar-refractivity contribution in [2.75, 3.05) is 0 Å². The van der Waals surface area contributed by atoms with E-state index in [0.29, 0.717) is 0 Å². The maximum Gasteiger partial charge on any atom is 0.160 e. The van der Waals surface area contributed by atoms with Crippen molar-refractivity contribution in [3.05, 3.63) is 40.1 Å². The molecule has 3 heteroatoms. The molecule has 0 atom stereocenters. The number of terminal acetylenes is 1. The summed E-state index contributed by atoms with van der Waals surface area (Å²) in [6, 6.07) is 3.91. The van der Waals surface area contributed by atoms with Gasteiger partial charge in [0.1, 0.15) is 5.69 Å². The van der Waals surface area contributed by atoms with Crippen LogP contribution in [0.1, 0.15) is 39.7 Å². The summed E-state index contributed by atoms with van der Waals surface area (Å²) in [5.41, 5.74) is 6.21. The monoisotopic (exact) mass is 266 g/mol. The zero-order valence-electron chi connectivity index (χ0n) is 12.5. The van der Waals surface area contributed by atoms with E-state index in [1.165, 1.54) is 0 Å². The normalized spacial score (nSPS) is 10.4. The SMILES string of the molecule is C#Cc1c(-c2cc(C(C)=O)c(C)cc2C)nn(C)c1C. The lowest BCUT2D eigenvalue weighted by Crippen LogP contribution is -1.99. The van der Waals surface area contributed by atoms with Crippen LogP contribution in [0.3, 0.4) is 0 Å². The first kappa shape index (κ1) is 14.1. The highest BCUT2D eigenvalue weighted by Gasteiger charge is 2.17. The Balaban J connectivity index is 2.77. The molecule has 2 aromatic rings. The van der Waals surface area contributed by atoms with Gasteiger partial charge in [-0.15, -0.1) is 6.42 Å². The molecule has 20 heavy (non-hydrogen) atoms. The topological polar surface area (TPSA) is 34.9 Å². The lowest BCUT2D eigenvalue weighted by atomic mass is 9.94. The first-order valence-electron chi connectivity index (χ1n) is 6.49. The Bertz CT molecular complexity index is 745. The van der Waals surface area contributed by atoms with Gasteiger partial charge >= 0.3 is 0 Å². The molecular weight excluding hydrogens is 248 g/mol. The minimum atomic E-state index is 0.0543. The average Bonchev–Trinajstić information content (AvgIpc) is 2.64. The molecule has 0 amide bonds. The minimum absolute atomic E-state index is 0.0543. The molecule has 0 aliphatic heterocycles. The highest BCUT2D eigenvalue weighted by molar-refractivity contribution is 5.97. The van der Waals surface area contributed by atoms with Crippen molar-refractivity contribution in [3.63, 3.8) is 0 Å². The van der Waals surface area contributed by atoms with Gasteiger partial charge in [0.25, 0.3) is 0 Å². The molecule has 0 unspecified atom stereocenters. The van der Waals surface area contributed by atoms with Crippen LogP contribution in [0.15, 0.2) is 12.1 Å². The number of aryl methyl sites for hydroxylation is 3. The molecule has 0 spiro atoms. The molecule has 0 bridgehead atoms. The first-order chi connectivity index (χ1) is 9.36. The molecule has 102 valence electrons. The second-order valence-corrected chi connectivity index (χ2v) is 5.12. The van der Waals surface area contributed by atoms with Crippen LogP contribution >= 0.6 is 0 Å². The molecule has 0 saturated heterocycles. The number of Topliss-reactive ketones (excluding diaryl/α,β-unsaturated/α-hetero) is 1. The summed E-state index contributed by atoms with van der Waals surface area (Å²) in [6.07, 6.45) is 5.61. The minimum Gasteiger partial charge on any atom is -0.295 e. The second-order valence-electron chi connectivity index (χ2n) is 5.12. The fourth-order valence-corrected chi connectivity index (χ4v) is 2.46. The number of ketones is 1. The van der Waals surface area contributed by atoms with Gasteiger partial charge in [-0.05, 0) is 44.9 Å². The molecule has 3 nitrogen and oxygen atoms in total. The molecule has 0 saturated carbocycles. The van der Waals surface area contributed by atoms with E-state index in [1.807, 2.05) is 40.0 Å². The summed E-state index contributed by atoms with van der Waals surface area (Å²) in [5, 5.41) is 4.51. The molecule has 2 rings (SSSR count). The van der Waals surface area contributed by atoms with Gasteiger partial charge < -0.3 is 0 Å². The predicted octanol–water partition coefficient (Wildman–Crippen LogP) is 3.20. The number of carbonyl (C=O) groups excluding carboxylic acids is 1. The van der Waals surface area contributed by atoms with Crippen LogP contribution in [0, 0.1) is 33.1 Å². The Hall–Kier alpha value is -2.34. The van der Waals surface area contributed by atoms with E-state index in [-0.39, 0.29) is 5.78 Å². The Morgan fingerprint density at radius 1 is 1.25 bits per heavy atom. The maximum absolute atomic E-state index is 11.7. The highest BCUT2D eigenvalue weighted by atomic mass is 16.1. The molecular formula is C17H18N2O. The van der Waals surface area contributed by atoms with E-state index in [4.69, 9.17) is 6.42 Å². The zero-order valence-corrected chi connectivity index (χ0v) is 12.5. The molecule has 1 aromatic carbocycles. The zero-order chi connectivity index (χ0) is 15.0. The smallest absolute Gasteiger partial charge is 0.160 e.